The Morgan fingerprint density at radius 3 is 2.84 bits per heavy atom. The summed E-state index contributed by atoms with van der Waals surface area (Å²) in [5.74, 6) is 0.208. The molecule has 168 valence electrons. The molecule has 1 unspecified atom stereocenters. The monoisotopic (exact) mass is 459 g/mol. The van der Waals surface area contributed by atoms with Crippen molar-refractivity contribution in [3.8, 4) is 17.3 Å². The zero-order valence-electron chi connectivity index (χ0n) is 17.6. The van der Waals surface area contributed by atoms with Crippen LogP contribution >= 0.6 is 0 Å². The summed E-state index contributed by atoms with van der Waals surface area (Å²) in [6, 6.07) is 7.42. The van der Waals surface area contributed by atoms with Crippen molar-refractivity contribution in [2.24, 2.45) is 0 Å². The van der Waals surface area contributed by atoms with Crippen LogP contribution in [0.15, 0.2) is 35.2 Å². The third-order valence-corrected chi connectivity index (χ3v) is 6.99. The molecule has 13 heteroatoms. The first kappa shape index (κ1) is 21.8. The molecule has 3 heterocycles. The fraction of sp³-hybridized carbons (Fsp3) is 0.316. The van der Waals surface area contributed by atoms with E-state index in [-0.39, 0.29) is 41.2 Å². The molecular formula is C19H21N7O5S. The molecule has 0 fully saturated rings. The van der Waals surface area contributed by atoms with E-state index in [0.29, 0.717) is 17.1 Å². The molecule has 0 radical (unpaired) electrons. The lowest BCUT2D eigenvalue weighted by Crippen LogP contribution is -2.19. The van der Waals surface area contributed by atoms with Gasteiger partial charge >= 0.3 is 0 Å². The summed E-state index contributed by atoms with van der Waals surface area (Å²) in [6.45, 7) is 1.79. The number of aliphatic hydroxyl groups is 1. The van der Waals surface area contributed by atoms with Gasteiger partial charge in [0, 0.05) is 13.6 Å². The van der Waals surface area contributed by atoms with Gasteiger partial charge in [-0.3, -0.25) is 4.79 Å². The second-order valence-corrected chi connectivity index (χ2v) is 9.28. The number of carbonyl (C=O) groups is 1. The zero-order chi connectivity index (χ0) is 23.0. The largest absolute Gasteiger partial charge is 0.496 e. The number of fused-ring (bicyclic) bond motifs is 1. The van der Waals surface area contributed by atoms with Gasteiger partial charge in [0.25, 0.3) is 5.91 Å². The summed E-state index contributed by atoms with van der Waals surface area (Å²) < 4.78 is 33.0. The third-order valence-electron chi connectivity index (χ3n) is 5.10. The van der Waals surface area contributed by atoms with Crippen molar-refractivity contribution in [2.75, 3.05) is 26.1 Å². The highest BCUT2D eigenvalue weighted by molar-refractivity contribution is 7.89. The van der Waals surface area contributed by atoms with Gasteiger partial charge in [-0.2, -0.15) is 4.31 Å². The SMILES string of the molecule is COc1cc2c(cc1C(=O)Nc1cccc(-c3nnnn3C(C)CO)n1)S(=O)(=O)N(C)C2. The summed E-state index contributed by atoms with van der Waals surface area (Å²) in [4.78, 5) is 17.4. The first-order chi connectivity index (χ1) is 15.3. The van der Waals surface area contributed by atoms with Gasteiger partial charge in [-0.1, -0.05) is 6.07 Å². The van der Waals surface area contributed by atoms with Gasteiger partial charge in [0.05, 0.1) is 30.2 Å². The van der Waals surface area contributed by atoms with E-state index in [9.17, 15) is 18.3 Å². The van der Waals surface area contributed by atoms with E-state index in [1.807, 2.05) is 0 Å². The van der Waals surface area contributed by atoms with E-state index in [4.69, 9.17) is 4.74 Å². The number of rotatable bonds is 6. The maximum atomic E-state index is 13.0. The summed E-state index contributed by atoms with van der Waals surface area (Å²) in [5, 5.41) is 23.5. The summed E-state index contributed by atoms with van der Waals surface area (Å²) >= 11 is 0. The Hall–Kier alpha value is -3.42. The Bertz CT molecular complexity index is 1290. The average molecular weight is 459 g/mol. The van der Waals surface area contributed by atoms with E-state index in [2.05, 4.69) is 25.8 Å². The molecule has 1 amide bonds. The van der Waals surface area contributed by atoms with Gasteiger partial charge in [0.1, 0.15) is 17.3 Å². The zero-order valence-corrected chi connectivity index (χ0v) is 18.4. The number of nitrogens with one attached hydrogen (secondary N) is 1. The number of carbonyl (C=O) groups excluding carboxylic acids is 1. The van der Waals surface area contributed by atoms with E-state index < -0.39 is 15.9 Å². The lowest BCUT2D eigenvalue weighted by Gasteiger charge is -2.12. The Morgan fingerprint density at radius 2 is 2.12 bits per heavy atom. The highest BCUT2D eigenvalue weighted by atomic mass is 32.2. The van der Waals surface area contributed by atoms with Crippen LogP contribution in [0, 0.1) is 0 Å². The minimum atomic E-state index is -3.65. The first-order valence-corrected chi connectivity index (χ1v) is 11.0. The quantitative estimate of drug-likeness (QED) is 0.542. The molecule has 4 rings (SSSR count). The molecule has 32 heavy (non-hydrogen) atoms. The standard InChI is InChI=1S/C19H21N7O5S/c1-11(10-27)26-18(22-23-24-26)14-5-4-6-17(20-14)21-19(28)13-8-16-12(7-15(13)31-3)9-25(2)32(16,29)30/h4-8,11,27H,9-10H2,1-3H3,(H,20,21,28). The number of tetrazole rings is 1. The molecule has 1 aromatic carbocycles. The number of ether oxygens (including phenoxy) is 1. The number of aromatic nitrogens is 5. The molecule has 3 aromatic rings. The van der Waals surface area contributed by atoms with Crippen molar-refractivity contribution in [1.82, 2.24) is 29.5 Å². The highest BCUT2D eigenvalue weighted by Gasteiger charge is 2.34. The molecule has 1 atom stereocenters. The van der Waals surface area contributed by atoms with Gasteiger partial charge < -0.3 is 15.2 Å². The predicted molar refractivity (Wildman–Crippen MR) is 112 cm³/mol. The molecule has 1 aliphatic rings. The normalized spacial score (nSPS) is 15.9. The van der Waals surface area contributed by atoms with Crippen molar-refractivity contribution >= 4 is 21.7 Å². The fourth-order valence-corrected chi connectivity index (χ4v) is 4.72. The number of sulfonamides is 1. The number of methoxy groups -OCH3 is 1. The van der Waals surface area contributed by atoms with Gasteiger partial charge in [-0.25, -0.2) is 18.1 Å². The van der Waals surface area contributed by atoms with Crippen molar-refractivity contribution in [3.05, 3.63) is 41.5 Å². The van der Waals surface area contributed by atoms with Crippen molar-refractivity contribution in [3.63, 3.8) is 0 Å². The highest BCUT2D eigenvalue weighted by Crippen LogP contribution is 2.34. The Morgan fingerprint density at radius 1 is 1.34 bits per heavy atom. The summed E-state index contributed by atoms with van der Waals surface area (Å²) in [7, 11) is -0.769. The molecule has 0 bridgehead atoms. The topological polar surface area (TPSA) is 152 Å². The summed E-state index contributed by atoms with van der Waals surface area (Å²) in [5.41, 5.74) is 1.01. The lowest BCUT2D eigenvalue weighted by molar-refractivity contribution is 0.102. The van der Waals surface area contributed by atoms with E-state index in [1.165, 1.54) is 29.2 Å². The van der Waals surface area contributed by atoms with Gasteiger partial charge in [0.15, 0.2) is 0 Å². The Labute approximate surface area is 183 Å². The van der Waals surface area contributed by atoms with Crippen LogP contribution in [0.4, 0.5) is 5.82 Å². The minimum absolute atomic E-state index is 0.0658. The van der Waals surface area contributed by atoms with Gasteiger partial charge in [0.2, 0.25) is 15.8 Å². The Kier molecular flexibility index (Phi) is 5.62. The van der Waals surface area contributed by atoms with E-state index >= 15 is 0 Å². The number of nitrogens with zero attached hydrogens (tertiary/aromatic N) is 6. The fourth-order valence-electron chi connectivity index (χ4n) is 3.35. The number of anilines is 1. The number of benzene rings is 1. The molecule has 0 spiro atoms. The van der Waals surface area contributed by atoms with Crippen LogP contribution in [0.2, 0.25) is 0 Å². The smallest absolute Gasteiger partial charge is 0.260 e. The molecule has 0 saturated carbocycles. The maximum absolute atomic E-state index is 13.0. The number of hydrogen-bond donors (Lipinski definition) is 2. The van der Waals surface area contributed by atoms with E-state index in [0.717, 1.165) is 0 Å². The van der Waals surface area contributed by atoms with Crippen LogP contribution < -0.4 is 10.1 Å². The van der Waals surface area contributed by atoms with Crippen molar-refractivity contribution < 1.29 is 23.1 Å². The van der Waals surface area contributed by atoms with Crippen LogP contribution in [0.3, 0.4) is 0 Å². The molecule has 2 N–H and O–H groups in total. The van der Waals surface area contributed by atoms with Crippen molar-refractivity contribution in [2.45, 2.75) is 24.4 Å². The molecule has 1 aliphatic heterocycles. The predicted octanol–water partition coefficient (Wildman–Crippen LogP) is 0.683. The Balaban J connectivity index is 1.66. The third kappa shape index (κ3) is 3.70. The second kappa shape index (κ2) is 8.26. The lowest BCUT2D eigenvalue weighted by atomic mass is 10.1. The molecule has 0 aliphatic carbocycles. The first-order valence-electron chi connectivity index (χ1n) is 9.61. The van der Waals surface area contributed by atoms with Crippen LogP contribution in [-0.2, 0) is 16.6 Å². The number of hydrogen-bond acceptors (Lipinski definition) is 9. The maximum Gasteiger partial charge on any atom is 0.260 e. The van der Waals surface area contributed by atoms with Gasteiger partial charge in [-0.15, -0.1) is 5.10 Å². The van der Waals surface area contributed by atoms with Crippen LogP contribution in [0.25, 0.3) is 11.5 Å². The van der Waals surface area contributed by atoms with Crippen LogP contribution in [0.1, 0.15) is 28.9 Å². The minimum Gasteiger partial charge on any atom is -0.496 e. The van der Waals surface area contributed by atoms with Gasteiger partial charge in [-0.05, 0) is 47.2 Å². The number of aliphatic hydroxyl groups excluding tert-OH is 1. The van der Waals surface area contributed by atoms with Crippen LogP contribution in [-0.4, -0.2) is 69.7 Å². The molecule has 12 nitrogen and oxygen atoms in total. The van der Waals surface area contributed by atoms with Crippen LogP contribution in [0.5, 0.6) is 5.75 Å². The number of amides is 1. The summed E-state index contributed by atoms with van der Waals surface area (Å²) in [6.07, 6.45) is 0. The average Bonchev–Trinajstić information content (AvgIpc) is 3.35. The molecular weight excluding hydrogens is 438 g/mol. The van der Waals surface area contributed by atoms with E-state index in [1.54, 1.807) is 31.2 Å². The number of pyridine rings is 1. The molecule has 2 aromatic heterocycles. The molecule has 0 saturated heterocycles. The second-order valence-electron chi connectivity index (χ2n) is 7.26. The van der Waals surface area contributed by atoms with Crippen molar-refractivity contribution in [1.29, 1.82) is 0 Å².